The molecule has 0 radical (unpaired) electrons. The molecule has 0 saturated carbocycles. The molecule has 0 spiro atoms. The predicted octanol–water partition coefficient (Wildman–Crippen LogP) is 1.77. The molecule has 1 aromatic carbocycles. The second-order valence-electron chi connectivity index (χ2n) is 7.82. The van der Waals surface area contributed by atoms with Crippen molar-refractivity contribution in [3.63, 3.8) is 0 Å². The Morgan fingerprint density at radius 1 is 1.06 bits per heavy atom. The molecule has 2 aromatic rings. The minimum atomic E-state index is -3.55. The molecular formula is C22H28N4O4S. The molecular weight excluding hydrogens is 416 g/mol. The minimum absolute atomic E-state index is 0.122. The van der Waals surface area contributed by atoms with Gasteiger partial charge in [-0.3, -0.25) is 9.78 Å². The first-order chi connectivity index (χ1) is 15.1. The van der Waals surface area contributed by atoms with Gasteiger partial charge < -0.3 is 10.1 Å². The Balaban J connectivity index is 1.48. The highest BCUT2D eigenvalue weighted by atomic mass is 32.2. The van der Waals surface area contributed by atoms with Gasteiger partial charge >= 0.3 is 0 Å². The second-order valence-corrected chi connectivity index (χ2v) is 9.75. The van der Waals surface area contributed by atoms with Gasteiger partial charge in [0.05, 0.1) is 24.5 Å². The van der Waals surface area contributed by atoms with E-state index in [1.165, 1.54) is 8.61 Å². The molecule has 3 heterocycles. The highest BCUT2D eigenvalue weighted by Gasteiger charge is 2.36. The molecule has 0 aliphatic carbocycles. The number of benzene rings is 1. The number of pyridine rings is 1. The van der Waals surface area contributed by atoms with Crippen LogP contribution in [0, 0.1) is 0 Å². The summed E-state index contributed by atoms with van der Waals surface area (Å²) in [7, 11) is -3.55. The number of morpholine rings is 1. The van der Waals surface area contributed by atoms with Gasteiger partial charge in [0.25, 0.3) is 16.1 Å². The quantitative estimate of drug-likeness (QED) is 0.733. The first-order valence-electron chi connectivity index (χ1n) is 10.7. The normalized spacial score (nSPS) is 21.0. The molecule has 1 aromatic heterocycles. The third kappa shape index (κ3) is 5.12. The Morgan fingerprint density at radius 3 is 2.61 bits per heavy atom. The monoisotopic (exact) mass is 444 g/mol. The Morgan fingerprint density at radius 2 is 1.84 bits per heavy atom. The molecule has 1 atom stereocenters. The number of ether oxygens (including phenoxy) is 1. The molecule has 9 heteroatoms. The van der Waals surface area contributed by atoms with Crippen LogP contribution < -0.4 is 5.32 Å². The van der Waals surface area contributed by atoms with Crippen LogP contribution in [0.3, 0.4) is 0 Å². The lowest BCUT2D eigenvalue weighted by Crippen LogP contribution is -2.51. The van der Waals surface area contributed by atoms with Crippen LogP contribution in [-0.2, 0) is 21.5 Å². The second kappa shape index (κ2) is 9.86. The zero-order chi connectivity index (χ0) is 21.7. The molecule has 166 valence electrons. The summed E-state index contributed by atoms with van der Waals surface area (Å²) in [6.45, 7) is 2.83. The van der Waals surface area contributed by atoms with E-state index in [1.54, 1.807) is 18.3 Å². The number of piperidine rings is 1. The fourth-order valence-electron chi connectivity index (χ4n) is 4.12. The van der Waals surface area contributed by atoms with E-state index < -0.39 is 10.2 Å². The van der Waals surface area contributed by atoms with Gasteiger partial charge in [0.1, 0.15) is 0 Å². The third-order valence-corrected chi connectivity index (χ3v) is 7.77. The van der Waals surface area contributed by atoms with Crippen molar-refractivity contribution in [2.75, 3.05) is 39.4 Å². The van der Waals surface area contributed by atoms with E-state index in [4.69, 9.17) is 4.74 Å². The average molecular weight is 445 g/mol. The van der Waals surface area contributed by atoms with Crippen molar-refractivity contribution < 1.29 is 17.9 Å². The number of carbonyl (C=O) groups excluding carboxylic acids is 1. The maximum atomic E-state index is 13.1. The van der Waals surface area contributed by atoms with Crippen LogP contribution >= 0.6 is 0 Å². The number of nitrogens with one attached hydrogen (secondary N) is 1. The summed E-state index contributed by atoms with van der Waals surface area (Å²) in [6.07, 6.45) is 3.19. The lowest BCUT2D eigenvalue weighted by atomic mass is 9.92. The zero-order valence-corrected chi connectivity index (χ0v) is 18.3. The molecule has 31 heavy (non-hydrogen) atoms. The summed E-state index contributed by atoms with van der Waals surface area (Å²) in [5.74, 6) is -0.316. The summed E-state index contributed by atoms with van der Waals surface area (Å²) < 4.78 is 34.5. The molecule has 0 bridgehead atoms. The molecule has 0 unspecified atom stereocenters. The van der Waals surface area contributed by atoms with E-state index >= 15 is 0 Å². The topological polar surface area (TPSA) is 91.8 Å². The van der Waals surface area contributed by atoms with Gasteiger partial charge in [-0.15, -0.1) is 0 Å². The van der Waals surface area contributed by atoms with Crippen LogP contribution in [-0.4, -0.2) is 67.3 Å². The van der Waals surface area contributed by atoms with Crippen molar-refractivity contribution in [1.82, 2.24) is 18.9 Å². The lowest BCUT2D eigenvalue weighted by molar-refractivity contribution is 0.0695. The van der Waals surface area contributed by atoms with Crippen LogP contribution in [0.4, 0.5) is 0 Å². The van der Waals surface area contributed by atoms with Crippen molar-refractivity contribution in [1.29, 1.82) is 0 Å². The SMILES string of the molecule is O=C(NCc1ccccc1)c1cccnc1[C@@H]1CCCN(S(=O)(=O)N2CCOCC2)C1. The van der Waals surface area contributed by atoms with Crippen molar-refractivity contribution in [2.45, 2.75) is 25.3 Å². The number of rotatable bonds is 6. The fraction of sp³-hybridized carbons (Fsp3) is 0.455. The van der Waals surface area contributed by atoms with Crippen LogP contribution in [0.5, 0.6) is 0 Å². The molecule has 2 aliphatic heterocycles. The van der Waals surface area contributed by atoms with Crippen LogP contribution in [0.1, 0.15) is 40.4 Å². The van der Waals surface area contributed by atoms with Crippen LogP contribution in [0.15, 0.2) is 48.7 Å². The van der Waals surface area contributed by atoms with E-state index in [9.17, 15) is 13.2 Å². The van der Waals surface area contributed by atoms with Crippen molar-refractivity contribution >= 4 is 16.1 Å². The third-order valence-electron chi connectivity index (χ3n) is 5.77. The Labute approximate surface area is 183 Å². The Bertz CT molecular complexity index is 994. The number of carbonyl (C=O) groups is 1. The van der Waals surface area contributed by atoms with E-state index in [1.807, 2.05) is 30.3 Å². The molecule has 2 saturated heterocycles. The summed E-state index contributed by atoms with van der Waals surface area (Å²) >= 11 is 0. The lowest BCUT2D eigenvalue weighted by Gasteiger charge is -2.36. The van der Waals surface area contributed by atoms with E-state index in [2.05, 4.69) is 10.3 Å². The Hall–Kier alpha value is -2.33. The van der Waals surface area contributed by atoms with Gasteiger partial charge in [0, 0.05) is 44.8 Å². The largest absolute Gasteiger partial charge is 0.379 e. The van der Waals surface area contributed by atoms with Crippen molar-refractivity contribution in [3.8, 4) is 0 Å². The van der Waals surface area contributed by atoms with Crippen LogP contribution in [0.25, 0.3) is 0 Å². The number of hydrogen-bond donors (Lipinski definition) is 1. The number of amides is 1. The first kappa shape index (κ1) is 21.9. The van der Waals surface area contributed by atoms with Gasteiger partial charge in [-0.1, -0.05) is 30.3 Å². The van der Waals surface area contributed by atoms with E-state index in [-0.39, 0.29) is 11.8 Å². The zero-order valence-electron chi connectivity index (χ0n) is 17.4. The van der Waals surface area contributed by atoms with Crippen LogP contribution in [0.2, 0.25) is 0 Å². The molecule has 1 N–H and O–H groups in total. The van der Waals surface area contributed by atoms with Gasteiger partial charge in [-0.25, -0.2) is 0 Å². The van der Waals surface area contributed by atoms with Crippen molar-refractivity contribution in [2.24, 2.45) is 0 Å². The number of aromatic nitrogens is 1. The van der Waals surface area contributed by atoms with Gasteiger partial charge in [0.15, 0.2) is 0 Å². The standard InChI is InChI=1S/C22H28N4O4S/c27-22(24-16-18-6-2-1-3-7-18)20-9-4-10-23-21(20)19-8-5-11-26(17-19)31(28,29)25-12-14-30-15-13-25/h1-4,6-7,9-10,19H,5,8,11-17H2,(H,24,27)/t19-/m1/s1. The van der Waals surface area contributed by atoms with E-state index in [0.717, 1.165) is 18.4 Å². The molecule has 2 fully saturated rings. The minimum Gasteiger partial charge on any atom is -0.379 e. The summed E-state index contributed by atoms with van der Waals surface area (Å²) in [5.41, 5.74) is 2.19. The average Bonchev–Trinajstić information content (AvgIpc) is 2.84. The molecule has 8 nitrogen and oxygen atoms in total. The summed E-state index contributed by atoms with van der Waals surface area (Å²) in [5, 5.41) is 2.95. The fourth-order valence-corrected chi connectivity index (χ4v) is 5.79. The van der Waals surface area contributed by atoms with Crippen molar-refractivity contribution in [3.05, 3.63) is 65.5 Å². The summed E-state index contributed by atoms with van der Waals surface area (Å²) in [4.78, 5) is 17.4. The maximum absolute atomic E-state index is 13.1. The first-order valence-corrected chi connectivity index (χ1v) is 12.1. The highest BCUT2D eigenvalue weighted by Crippen LogP contribution is 2.30. The van der Waals surface area contributed by atoms with Gasteiger partial charge in [-0.2, -0.15) is 17.0 Å². The van der Waals surface area contributed by atoms with Gasteiger partial charge in [-0.05, 0) is 30.5 Å². The predicted molar refractivity (Wildman–Crippen MR) is 117 cm³/mol. The maximum Gasteiger partial charge on any atom is 0.282 e. The molecule has 4 rings (SSSR count). The summed E-state index contributed by atoms with van der Waals surface area (Å²) in [6, 6.07) is 13.2. The number of hydrogen-bond acceptors (Lipinski definition) is 5. The molecule has 1 amide bonds. The number of nitrogens with zero attached hydrogens (tertiary/aromatic N) is 3. The smallest absolute Gasteiger partial charge is 0.282 e. The Kier molecular flexibility index (Phi) is 6.96. The van der Waals surface area contributed by atoms with Gasteiger partial charge in [0.2, 0.25) is 0 Å². The highest BCUT2D eigenvalue weighted by molar-refractivity contribution is 7.86. The van der Waals surface area contributed by atoms with E-state index in [0.29, 0.717) is 57.2 Å². The molecule has 2 aliphatic rings.